The van der Waals surface area contributed by atoms with Crippen LogP contribution in [0.4, 0.5) is 0 Å². The maximum Gasteiger partial charge on any atom is 0.343 e. The van der Waals surface area contributed by atoms with Crippen molar-refractivity contribution in [3.8, 4) is 17.2 Å². The van der Waals surface area contributed by atoms with E-state index < -0.39 is 11.9 Å². The largest absolute Gasteiger partial charge is 0.497 e. The highest BCUT2D eigenvalue weighted by atomic mass is 16.7. The summed E-state index contributed by atoms with van der Waals surface area (Å²) in [5.74, 6) is 0.471. The van der Waals surface area contributed by atoms with Gasteiger partial charge in [0.25, 0.3) is 0 Å². The molecule has 0 unspecified atom stereocenters. The maximum atomic E-state index is 12.0. The van der Waals surface area contributed by atoms with Crippen LogP contribution in [0.25, 0.3) is 0 Å². The number of carbonyl (C=O) groups excluding carboxylic acids is 2. The van der Waals surface area contributed by atoms with Gasteiger partial charge in [-0.2, -0.15) is 0 Å². The first-order valence-corrected chi connectivity index (χ1v) is 7.00. The summed E-state index contributed by atoms with van der Waals surface area (Å²) in [7, 11) is 1.56. The van der Waals surface area contributed by atoms with Crippen LogP contribution in [0.1, 0.15) is 10.4 Å². The fraction of sp³-hybridized carbons (Fsp3) is 0.111. The third-order valence-corrected chi connectivity index (χ3v) is 2.95. The van der Waals surface area contributed by atoms with Crippen LogP contribution in [-0.2, 0) is 9.53 Å². The second-order valence-electron chi connectivity index (χ2n) is 4.52. The summed E-state index contributed by atoms with van der Waals surface area (Å²) in [6.45, 7) is 3.04. The summed E-state index contributed by atoms with van der Waals surface area (Å²) in [5, 5.41) is 0. The van der Waals surface area contributed by atoms with Crippen molar-refractivity contribution in [2.24, 2.45) is 0 Å². The van der Waals surface area contributed by atoms with Crippen molar-refractivity contribution in [2.45, 2.75) is 0 Å². The molecule has 0 bridgehead atoms. The highest BCUT2D eigenvalue weighted by molar-refractivity contribution is 5.91. The van der Waals surface area contributed by atoms with E-state index in [0.29, 0.717) is 22.8 Å². The molecule has 2 aromatic carbocycles. The molecule has 2 rings (SSSR count). The van der Waals surface area contributed by atoms with Crippen molar-refractivity contribution in [3.63, 3.8) is 0 Å². The van der Waals surface area contributed by atoms with E-state index in [-0.39, 0.29) is 6.79 Å². The Labute approximate surface area is 139 Å². The fourth-order valence-electron chi connectivity index (χ4n) is 1.71. The second-order valence-corrected chi connectivity index (χ2v) is 4.52. The molecule has 6 nitrogen and oxygen atoms in total. The fourth-order valence-corrected chi connectivity index (χ4v) is 1.71. The zero-order chi connectivity index (χ0) is 17.4. The molecule has 0 atom stereocenters. The molecule has 0 aliphatic heterocycles. The normalized spacial score (nSPS) is 9.71. The van der Waals surface area contributed by atoms with Crippen LogP contribution in [-0.4, -0.2) is 25.8 Å². The molecule has 0 amide bonds. The van der Waals surface area contributed by atoms with Crippen LogP contribution in [0.5, 0.6) is 17.2 Å². The van der Waals surface area contributed by atoms with Crippen molar-refractivity contribution in [2.75, 3.05) is 13.9 Å². The summed E-state index contributed by atoms with van der Waals surface area (Å²) in [5.41, 5.74) is 0.362. The van der Waals surface area contributed by atoms with E-state index in [1.165, 1.54) is 0 Å². The molecule has 0 heterocycles. The Morgan fingerprint density at radius 1 is 0.958 bits per heavy atom. The Morgan fingerprint density at radius 3 is 2.12 bits per heavy atom. The minimum Gasteiger partial charge on any atom is -0.497 e. The molecule has 0 aliphatic carbocycles. The highest BCUT2D eigenvalue weighted by Gasteiger charge is 2.09. The van der Waals surface area contributed by atoms with Crippen molar-refractivity contribution < 1.29 is 28.5 Å². The van der Waals surface area contributed by atoms with Gasteiger partial charge < -0.3 is 18.9 Å². The molecule has 0 saturated carbocycles. The Kier molecular flexibility index (Phi) is 5.96. The zero-order valence-electron chi connectivity index (χ0n) is 13.1. The number of rotatable bonds is 7. The molecule has 0 radical (unpaired) electrons. The maximum absolute atomic E-state index is 12.0. The quantitative estimate of drug-likeness (QED) is 0.337. The van der Waals surface area contributed by atoms with Gasteiger partial charge in [-0.25, -0.2) is 9.59 Å². The van der Waals surface area contributed by atoms with Crippen LogP contribution in [0, 0.1) is 0 Å². The zero-order valence-corrected chi connectivity index (χ0v) is 13.1. The van der Waals surface area contributed by atoms with Crippen molar-refractivity contribution in [1.29, 1.82) is 0 Å². The number of hydrogen-bond donors (Lipinski definition) is 0. The van der Waals surface area contributed by atoms with E-state index in [0.717, 1.165) is 6.08 Å². The third kappa shape index (κ3) is 4.88. The Bertz CT molecular complexity index is 703. The van der Waals surface area contributed by atoms with Crippen molar-refractivity contribution in [3.05, 3.63) is 66.7 Å². The summed E-state index contributed by atoms with van der Waals surface area (Å²) in [4.78, 5) is 22.9. The molecule has 0 N–H and O–H groups in total. The summed E-state index contributed by atoms with van der Waals surface area (Å²) < 4.78 is 20.2. The Morgan fingerprint density at radius 2 is 1.54 bits per heavy atom. The van der Waals surface area contributed by atoms with Gasteiger partial charge in [-0.15, -0.1) is 0 Å². The number of ether oxygens (including phenoxy) is 4. The van der Waals surface area contributed by atoms with Gasteiger partial charge in [0.1, 0.15) is 17.2 Å². The van der Waals surface area contributed by atoms with Gasteiger partial charge >= 0.3 is 11.9 Å². The smallest absolute Gasteiger partial charge is 0.343 e. The SMILES string of the molecule is C=CC(=O)OCOc1ccc(C(=O)Oc2ccc(OC)cc2)cc1. The minimum atomic E-state index is -0.574. The van der Waals surface area contributed by atoms with Crippen molar-refractivity contribution >= 4 is 11.9 Å². The molecule has 0 aliphatic rings. The predicted octanol–water partition coefficient (Wildman–Crippen LogP) is 2.98. The first-order valence-electron chi connectivity index (χ1n) is 7.00. The molecule has 6 heteroatoms. The minimum absolute atomic E-state index is 0.236. The molecule has 0 saturated heterocycles. The molecule has 0 spiro atoms. The summed E-state index contributed by atoms with van der Waals surface area (Å²) in [6, 6.07) is 12.9. The summed E-state index contributed by atoms with van der Waals surface area (Å²) >= 11 is 0. The van der Waals surface area contributed by atoms with E-state index in [4.69, 9.17) is 14.2 Å². The van der Waals surface area contributed by atoms with Crippen molar-refractivity contribution in [1.82, 2.24) is 0 Å². The van der Waals surface area contributed by atoms with Crippen LogP contribution in [0.2, 0.25) is 0 Å². The van der Waals surface area contributed by atoms with Gasteiger partial charge in [0.05, 0.1) is 12.7 Å². The first-order chi connectivity index (χ1) is 11.6. The lowest BCUT2D eigenvalue weighted by Gasteiger charge is -2.08. The van der Waals surface area contributed by atoms with E-state index >= 15 is 0 Å². The monoisotopic (exact) mass is 328 g/mol. The van der Waals surface area contributed by atoms with Gasteiger partial charge in [0.2, 0.25) is 6.79 Å². The molecule has 2 aromatic rings. The van der Waals surface area contributed by atoms with E-state index in [9.17, 15) is 9.59 Å². The number of benzene rings is 2. The van der Waals surface area contributed by atoms with Gasteiger partial charge in [-0.05, 0) is 48.5 Å². The average Bonchev–Trinajstić information content (AvgIpc) is 2.62. The van der Waals surface area contributed by atoms with E-state index in [1.807, 2.05) is 0 Å². The van der Waals surface area contributed by atoms with E-state index in [1.54, 1.807) is 55.6 Å². The predicted molar refractivity (Wildman–Crippen MR) is 86.2 cm³/mol. The van der Waals surface area contributed by atoms with Gasteiger partial charge in [0.15, 0.2) is 0 Å². The third-order valence-electron chi connectivity index (χ3n) is 2.95. The van der Waals surface area contributed by atoms with Gasteiger partial charge in [-0.3, -0.25) is 0 Å². The molecule has 124 valence electrons. The highest BCUT2D eigenvalue weighted by Crippen LogP contribution is 2.19. The Hall–Kier alpha value is -3.28. The van der Waals surface area contributed by atoms with Crippen LogP contribution >= 0.6 is 0 Å². The van der Waals surface area contributed by atoms with Crippen LogP contribution < -0.4 is 14.2 Å². The molecule has 0 fully saturated rings. The molecule has 0 aromatic heterocycles. The summed E-state index contributed by atoms with van der Waals surface area (Å²) in [6.07, 6.45) is 1.04. The lowest BCUT2D eigenvalue weighted by Crippen LogP contribution is -2.09. The average molecular weight is 328 g/mol. The number of carbonyl (C=O) groups is 2. The topological polar surface area (TPSA) is 71.1 Å². The standard InChI is InChI=1S/C18H16O6/c1-3-17(19)23-12-22-15-6-4-13(5-7-15)18(20)24-16-10-8-14(21-2)9-11-16/h3-11H,1,12H2,2H3. The molecule has 24 heavy (non-hydrogen) atoms. The first kappa shape index (κ1) is 17.1. The number of hydrogen-bond acceptors (Lipinski definition) is 6. The number of methoxy groups -OCH3 is 1. The lowest BCUT2D eigenvalue weighted by atomic mass is 10.2. The molecular formula is C18H16O6. The molecular weight excluding hydrogens is 312 g/mol. The van der Waals surface area contributed by atoms with Gasteiger partial charge in [-0.1, -0.05) is 6.58 Å². The van der Waals surface area contributed by atoms with E-state index in [2.05, 4.69) is 11.3 Å². The second kappa shape index (κ2) is 8.38. The van der Waals surface area contributed by atoms with Crippen LogP contribution in [0.15, 0.2) is 61.2 Å². The van der Waals surface area contributed by atoms with Gasteiger partial charge in [0, 0.05) is 6.08 Å². The van der Waals surface area contributed by atoms with Crippen LogP contribution in [0.3, 0.4) is 0 Å². The Balaban J connectivity index is 1.90. The number of esters is 2. The lowest BCUT2D eigenvalue weighted by molar-refractivity contribution is -0.144.